The lowest BCUT2D eigenvalue weighted by molar-refractivity contribution is -0.121. The first-order valence-corrected chi connectivity index (χ1v) is 8.22. The predicted molar refractivity (Wildman–Crippen MR) is 92.2 cm³/mol. The van der Waals surface area contributed by atoms with Crippen LogP contribution in [0.2, 0.25) is 0 Å². The number of nitrogens with zero attached hydrogens (tertiary/aromatic N) is 3. The van der Waals surface area contributed by atoms with Crippen LogP contribution in [0.3, 0.4) is 0 Å². The number of rotatable bonds is 3. The number of carbonyl (C=O) groups excluding carboxylic acids is 3. The van der Waals surface area contributed by atoms with Crippen molar-refractivity contribution < 1.29 is 19.1 Å². The van der Waals surface area contributed by atoms with Crippen molar-refractivity contribution in [2.45, 2.75) is 0 Å². The van der Waals surface area contributed by atoms with Gasteiger partial charge in [-0.3, -0.25) is 9.59 Å². The molecule has 1 saturated heterocycles. The number of carbonyl (C=O) groups is 3. The minimum absolute atomic E-state index is 0.0633. The standard InChI is InChI=1S/C17H18ClN3O4/c1-19-7-9-20(10-8-19)14-13(18)15(22)21(16(14)23)12-5-3-11(4-6-12)17(24)25-2/h3-6H,7-10H2,1-2H3. The van der Waals surface area contributed by atoms with Crippen molar-refractivity contribution in [3.05, 3.63) is 40.6 Å². The zero-order valence-corrected chi connectivity index (χ0v) is 14.7. The van der Waals surface area contributed by atoms with Crippen LogP contribution in [-0.4, -0.2) is 67.9 Å². The van der Waals surface area contributed by atoms with Crippen LogP contribution < -0.4 is 4.90 Å². The number of anilines is 1. The predicted octanol–water partition coefficient (Wildman–Crippen LogP) is 1.04. The zero-order valence-electron chi connectivity index (χ0n) is 14.0. The van der Waals surface area contributed by atoms with Crippen molar-refractivity contribution in [3.8, 4) is 0 Å². The lowest BCUT2D eigenvalue weighted by Crippen LogP contribution is -2.46. The molecule has 7 nitrogen and oxygen atoms in total. The molecule has 1 aromatic rings. The molecular weight excluding hydrogens is 346 g/mol. The van der Waals surface area contributed by atoms with Crippen LogP contribution >= 0.6 is 11.6 Å². The number of imide groups is 1. The molecule has 0 spiro atoms. The van der Waals surface area contributed by atoms with Gasteiger partial charge in [0.15, 0.2) is 0 Å². The SMILES string of the molecule is COC(=O)c1ccc(N2C(=O)C(Cl)=C(N3CCN(C)CC3)C2=O)cc1. The fourth-order valence-corrected chi connectivity index (χ4v) is 3.18. The number of likely N-dealkylation sites (N-methyl/N-ethyl adjacent to an activating group) is 1. The summed E-state index contributed by atoms with van der Waals surface area (Å²) in [7, 11) is 3.29. The van der Waals surface area contributed by atoms with Crippen molar-refractivity contribution in [1.29, 1.82) is 0 Å². The molecule has 1 fully saturated rings. The van der Waals surface area contributed by atoms with E-state index in [4.69, 9.17) is 11.6 Å². The molecule has 0 aromatic heterocycles. The summed E-state index contributed by atoms with van der Waals surface area (Å²) >= 11 is 6.18. The van der Waals surface area contributed by atoms with E-state index in [0.717, 1.165) is 18.0 Å². The molecule has 0 bridgehead atoms. The van der Waals surface area contributed by atoms with Crippen LogP contribution in [-0.2, 0) is 14.3 Å². The largest absolute Gasteiger partial charge is 0.465 e. The summed E-state index contributed by atoms with van der Waals surface area (Å²) in [6.07, 6.45) is 0. The van der Waals surface area contributed by atoms with E-state index in [9.17, 15) is 14.4 Å². The van der Waals surface area contributed by atoms with E-state index in [2.05, 4.69) is 9.64 Å². The van der Waals surface area contributed by atoms with Crippen molar-refractivity contribution in [2.24, 2.45) is 0 Å². The Hall–Kier alpha value is -2.38. The molecule has 2 heterocycles. The Bertz CT molecular complexity index is 752. The Balaban J connectivity index is 1.84. The molecule has 0 radical (unpaired) electrons. The lowest BCUT2D eigenvalue weighted by atomic mass is 10.2. The molecule has 0 saturated carbocycles. The van der Waals surface area contributed by atoms with Crippen molar-refractivity contribution in [2.75, 3.05) is 45.2 Å². The lowest BCUT2D eigenvalue weighted by Gasteiger charge is -2.34. The first-order valence-electron chi connectivity index (χ1n) is 7.84. The fraction of sp³-hybridized carbons (Fsp3) is 0.353. The molecular formula is C17H18ClN3O4. The third kappa shape index (κ3) is 3.12. The topological polar surface area (TPSA) is 70.2 Å². The fourth-order valence-electron chi connectivity index (χ4n) is 2.89. The normalized spacial score (nSPS) is 19.0. The Kier molecular flexibility index (Phi) is 4.78. The second kappa shape index (κ2) is 6.85. The highest BCUT2D eigenvalue weighted by molar-refractivity contribution is 6.52. The number of benzene rings is 1. The average molecular weight is 364 g/mol. The van der Waals surface area contributed by atoms with Gasteiger partial charge in [-0.2, -0.15) is 0 Å². The van der Waals surface area contributed by atoms with E-state index in [1.54, 1.807) is 0 Å². The van der Waals surface area contributed by atoms with E-state index in [0.29, 0.717) is 24.3 Å². The van der Waals surface area contributed by atoms with Gasteiger partial charge < -0.3 is 14.5 Å². The molecule has 1 aromatic carbocycles. The minimum atomic E-state index is -0.550. The maximum Gasteiger partial charge on any atom is 0.337 e. The van der Waals surface area contributed by atoms with E-state index >= 15 is 0 Å². The summed E-state index contributed by atoms with van der Waals surface area (Å²) in [6, 6.07) is 6.06. The number of hydrogen-bond donors (Lipinski definition) is 0. The number of ether oxygens (including phenoxy) is 1. The van der Waals surface area contributed by atoms with Crippen LogP contribution in [0.4, 0.5) is 5.69 Å². The van der Waals surface area contributed by atoms with Crippen LogP contribution in [0.25, 0.3) is 0 Å². The van der Waals surface area contributed by atoms with Gasteiger partial charge in [0.2, 0.25) is 0 Å². The molecule has 0 N–H and O–H groups in total. The van der Waals surface area contributed by atoms with Crippen molar-refractivity contribution in [3.63, 3.8) is 0 Å². The second-order valence-electron chi connectivity index (χ2n) is 5.94. The van der Waals surface area contributed by atoms with Gasteiger partial charge in [-0.1, -0.05) is 11.6 Å². The van der Waals surface area contributed by atoms with Gasteiger partial charge in [-0.25, -0.2) is 9.69 Å². The van der Waals surface area contributed by atoms with E-state index in [-0.39, 0.29) is 10.7 Å². The summed E-state index contributed by atoms with van der Waals surface area (Å²) in [5.41, 5.74) is 0.949. The number of esters is 1. The highest BCUT2D eigenvalue weighted by atomic mass is 35.5. The molecule has 0 unspecified atom stereocenters. The van der Waals surface area contributed by atoms with E-state index < -0.39 is 17.8 Å². The second-order valence-corrected chi connectivity index (χ2v) is 6.32. The van der Waals surface area contributed by atoms with Crippen LogP contribution in [0.5, 0.6) is 0 Å². The smallest absolute Gasteiger partial charge is 0.337 e. The summed E-state index contributed by atoms with van der Waals surface area (Å²) in [6.45, 7) is 2.86. The Morgan fingerprint density at radius 1 is 1.04 bits per heavy atom. The van der Waals surface area contributed by atoms with Gasteiger partial charge in [0.25, 0.3) is 11.8 Å². The van der Waals surface area contributed by atoms with Gasteiger partial charge in [0.1, 0.15) is 10.7 Å². The minimum Gasteiger partial charge on any atom is -0.465 e. The monoisotopic (exact) mass is 363 g/mol. The number of halogens is 1. The number of piperazine rings is 1. The molecule has 2 amide bonds. The molecule has 25 heavy (non-hydrogen) atoms. The van der Waals surface area contributed by atoms with Crippen LogP contribution in [0, 0.1) is 0 Å². The Morgan fingerprint density at radius 2 is 1.64 bits per heavy atom. The van der Waals surface area contributed by atoms with Crippen LogP contribution in [0.1, 0.15) is 10.4 Å². The summed E-state index contributed by atoms with van der Waals surface area (Å²) in [5.74, 6) is -1.48. The molecule has 0 atom stereocenters. The van der Waals surface area contributed by atoms with Gasteiger partial charge >= 0.3 is 5.97 Å². The van der Waals surface area contributed by atoms with Gasteiger partial charge in [-0.05, 0) is 31.3 Å². The third-order valence-corrected chi connectivity index (χ3v) is 4.71. The molecule has 8 heteroatoms. The van der Waals surface area contributed by atoms with Gasteiger partial charge in [0, 0.05) is 26.2 Å². The quantitative estimate of drug-likeness (QED) is 0.590. The van der Waals surface area contributed by atoms with E-state index in [1.165, 1.54) is 31.4 Å². The molecule has 2 aliphatic rings. The molecule has 132 valence electrons. The van der Waals surface area contributed by atoms with Gasteiger partial charge in [-0.15, -0.1) is 0 Å². The third-order valence-electron chi connectivity index (χ3n) is 4.37. The summed E-state index contributed by atoms with van der Waals surface area (Å²) in [4.78, 5) is 41.8. The Morgan fingerprint density at radius 3 is 2.20 bits per heavy atom. The summed E-state index contributed by atoms with van der Waals surface area (Å²) < 4.78 is 4.64. The number of amides is 2. The first kappa shape index (κ1) is 17.4. The highest BCUT2D eigenvalue weighted by Gasteiger charge is 2.41. The highest BCUT2D eigenvalue weighted by Crippen LogP contribution is 2.31. The maximum absolute atomic E-state index is 12.8. The molecule has 0 aliphatic carbocycles. The van der Waals surface area contributed by atoms with Crippen LogP contribution in [0.15, 0.2) is 35.0 Å². The number of hydrogen-bond acceptors (Lipinski definition) is 6. The number of methoxy groups -OCH3 is 1. The van der Waals surface area contributed by atoms with Gasteiger partial charge in [0.05, 0.1) is 18.4 Å². The maximum atomic E-state index is 12.8. The Labute approximate surface area is 150 Å². The van der Waals surface area contributed by atoms with Crippen molar-refractivity contribution in [1.82, 2.24) is 9.80 Å². The first-order chi connectivity index (χ1) is 11.9. The van der Waals surface area contributed by atoms with Crippen molar-refractivity contribution >= 4 is 35.1 Å². The average Bonchev–Trinajstić information content (AvgIpc) is 2.85. The van der Waals surface area contributed by atoms with E-state index in [1.807, 2.05) is 11.9 Å². The summed E-state index contributed by atoms with van der Waals surface area (Å²) in [5, 5.41) is -0.0633. The zero-order chi connectivity index (χ0) is 18.1. The molecule has 2 aliphatic heterocycles. The molecule has 3 rings (SSSR count).